The van der Waals surface area contributed by atoms with Crippen LogP contribution in [0, 0.1) is 0 Å². The van der Waals surface area contributed by atoms with Crippen molar-refractivity contribution in [2.45, 2.75) is 0 Å². The van der Waals surface area contributed by atoms with Crippen LogP contribution in [0.4, 0.5) is 0 Å². The Kier molecular flexibility index (Phi) is 9.35. The second kappa shape index (κ2) is 6.91. The van der Waals surface area contributed by atoms with Crippen LogP contribution in [0.1, 0.15) is 0 Å². The zero-order valence-electron chi connectivity index (χ0n) is 3.83. The molecule has 0 amide bonds. The molecule has 0 aromatic rings. The molecule has 0 N–H and O–H groups in total. The quantitative estimate of drug-likeness (QED) is 0.336. The highest BCUT2D eigenvalue weighted by molar-refractivity contribution is 7.42. The van der Waals surface area contributed by atoms with Crippen molar-refractivity contribution in [3.05, 3.63) is 25.2 Å². The Balaban J connectivity index is 0. The average molecular weight is 147 g/mol. The highest BCUT2D eigenvalue weighted by Crippen LogP contribution is 2.21. The summed E-state index contributed by atoms with van der Waals surface area (Å²) in [5.74, 6) is 1.22. The van der Waals surface area contributed by atoms with Crippen molar-refractivity contribution in [1.82, 2.24) is 0 Å². The Bertz CT molecular complexity index is 102. The maximum atomic E-state index is 10.1. The number of hydrogen-bond donors (Lipinski definition) is 0. The second-order valence-corrected chi connectivity index (χ2v) is 1.89. The lowest BCUT2D eigenvalue weighted by Crippen LogP contribution is -1.54. The van der Waals surface area contributed by atoms with Crippen molar-refractivity contribution in [3.8, 4) is 0 Å². The fourth-order valence-corrected chi connectivity index (χ4v) is 0.349. The molecule has 0 aliphatic heterocycles. The third-order valence-corrected chi connectivity index (χ3v) is 0.982. The molecule has 0 heterocycles. The molecule has 0 saturated carbocycles. The molecule has 0 radical (unpaired) electrons. The van der Waals surface area contributed by atoms with E-state index in [0.717, 1.165) is 6.26 Å². The lowest BCUT2D eigenvalue weighted by Gasteiger charge is -1.68. The number of hydrogen-bond acceptors (Lipinski definition) is 2. The molecule has 8 heavy (non-hydrogen) atoms. The first-order chi connectivity index (χ1) is 3.31. The Labute approximate surface area is 60.2 Å². The van der Waals surface area contributed by atoms with Crippen molar-refractivity contribution < 1.29 is 9.09 Å². The average Bonchev–Trinajstić information content (AvgIpc) is 1.68. The van der Waals surface area contributed by atoms with Crippen LogP contribution in [0.5, 0.6) is 0 Å². The van der Waals surface area contributed by atoms with E-state index in [9.17, 15) is 4.57 Å². The molecule has 0 saturated heterocycles. The first-order valence-electron chi connectivity index (χ1n) is 1.68. The van der Waals surface area contributed by atoms with Crippen molar-refractivity contribution in [3.63, 3.8) is 0 Å². The van der Waals surface area contributed by atoms with E-state index >= 15 is 0 Å². The lowest BCUT2D eigenvalue weighted by atomic mass is 11.2. The third kappa shape index (κ3) is 5.91. The summed E-state index contributed by atoms with van der Waals surface area (Å²) < 4.78 is 14.5. The van der Waals surface area contributed by atoms with Crippen LogP contribution in [-0.2, 0) is 9.09 Å². The molecule has 0 fully saturated rings. The fourth-order valence-electron chi connectivity index (χ4n) is 0.116. The minimum absolute atomic E-state index is 0. The Morgan fingerprint density at radius 3 is 2.12 bits per heavy atom. The highest BCUT2D eigenvalue weighted by atomic mass is 31.1. The Morgan fingerprint density at radius 2 is 2.00 bits per heavy atom. The van der Waals surface area contributed by atoms with E-state index in [4.69, 9.17) is 0 Å². The lowest BCUT2D eigenvalue weighted by molar-refractivity contribution is 0.473. The van der Waals surface area contributed by atoms with Crippen LogP contribution >= 0.6 is 8.03 Å². The van der Waals surface area contributed by atoms with Gasteiger partial charge in [-0.05, 0) is 11.1 Å². The third-order valence-electron chi connectivity index (χ3n) is 0.327. The summed E-state index contributed by atoms with van der Waals surface area (Å²) in [5, 5.41) is 0. The van der Waals surface area contributed by atoms with Gasteiger partial charge in [-0.1, -0.05) is 6.58 Å². The smallest absolute Gasteiger partial charge is 0.259 e. The molecule has 0 spiro atoms. The minimum Gasteiger partial charge on any atom is -0.259 e. The first kappa shape index (κ1) is 10.8. The van der Waals surface area contributed by atoms with Gasteiger partial charge in [0.2, 0.25) is 0 Å². The molecule has 44 valence electrons. The van der Waals surface area contributed by atoms with Gasteiger partial charge in [-0.2, -0.15) is 0 Å². The van der Waals surface area contributed by atoms with Crippen molar-refractivity contribution in [1.29, 1.82) is 0 Å². The zero-order chi connectivity index (χ0) is 5.70. The predicted octanol–water partition coefficient (Wildman–Crippen LogP) is 0.848. The van der Waals surface area contributed by atoms with E-state index in [0.29, 0.717) is 0 Å². The van der Waals surface area contributed by atoms with E-state index < -0.39 is 8.03 Å². The molecule has 1 unspecified atom stereocenters. The van der Waals surface area contributed by atoms with Crippen molar-refractivity contribution in [2.24, 2.45) is 0 Å². The minimum atomic E-state index is -1.68. The summed E-state index contributed by atoms with van der Waals surface area (Å²) in [6.07, 6.45) is 1.13. The van der Waals surface area contributed by atoms with Gasteiger partial charge in [0.25, 0.3) is 0 Å². The van der Waals surface area contributed by atoms with Gasteiger partial charge in [-0.15, -0.1) is 0 Å². The molecule has 0 aromatic carbocycles. The molecule has 2 nitrogen and oxygen atoms in total. The van der Waals surface area contributed by atoms with E-state index in [-0.39, 0.29) is 17.4 Å². The van der Waals surface area contributed by atoms with Crippen LogP contribution in [0.25, 0.3) is 0 Å². The predicted molar refractivity (Wildman–Crippen MR) is 39.0 cm³/mol. The first-order valence-corrected chi connectivity index (χ1v) is 2.92. The molecular formula is C4H9AlO2P+. The van der Waals surface area contributed by atoms with Gasteiger partial charge in [0.15, 0.2) is 23.2 Å². The summed E-state index contributed by atoms with van der Waals surface area (Å²) in [5.41, 5.74) is 0. The van der Waals surface area contributed by atoms with Crippen LogP contribution < -0.4 is 0 Å². The maximum Gasteiger partial charge on any atom is 0.588 e. The molecular weight excluding hydrogens is 138 g/mol. The summed E-state index contributed by atoms with van der Waals surface area (Å²) in [6, 6.07) is 0. The maximum absolute atomic E-state index is 10.1. The molecule has 0 aromatic heterocycles. The van der Waals surface area contributed by atoms with Gasteiger partial charge < -0.3 is 0 Å². The summed E-state index contributed by atoms with van der Waals surface area (Å²) in [6.45, 7) is 6.42. The molecule has 0 bridgehead atoms. The van der Waals surface area contributed by atoms with Gasteiger partial charge in [0, 0.05) is 0 Å². The van der Waals surface area contributed by atoms with Gasteiger partial charge in [0.05, 0.1) is 0 Å². The van der Waals surface area contributed by atoms with Crippen molar-refractivity contribution >= 4 is 25.4 Å². The SMILES string of the molecule is C=CO[P+](=O)C=C.[AlH3]. The van der Waals surface area contributed by atoms with Gasteiger partial charge in [-0.25, -0.2) is 0 Å². The summed E-state index contributed by atoms with van der Waals surface area (Å²) in [4.78, 5) is 0. The zero-order valence-corrected chi connectivity index (χ0v) is 4.73. The number of rotatable bonds is 3. The molecule has 0 aliphatic carbocycles. The fraction of sp³-hybridized carbons (Fsp3) is 0. The molecule has 0 rings (SSSR count). The van der Waals surface area contributed by atoms with E-state index in [2.05, 4.69) is 17.7 Å². The standard InChI is InChI=1S/C4H6O2P.Al.3H/c1-3-6-7(5)4-2;;;;/h3-4H,1-2H2;;;;/q+1;;;;. The normalized spacial score (nSPS) is 8.25. The molecule has 4 heteroatoms. The van der Waals surface area contributed by atoms with Gasteiger partial charge in [0.1, 0.15) is 6.26 Å². The van der Waals surface area contributed by atoms with E-state index in [1.54, 1.807) is 0 Å². The van der Waals surface area contributed by atoms with E-state index in [1.807, 2.05) is 0 Å². The summed E-state index contributed by atoms with van der Waals surface area (Å²) in [7, 11) is -1.68. The van der Waals surface area contributed by atoms with Gasteiger partial charge >= 0.3 is 8.03 Å². The van der Waals surface area contributed by atoms with E-state index in [1.165, 1.54) is 5.82 Å². The van der Waals surface area contributed by atoms with Gasteiger partial charge in [-0.3, -0.25) is 4.52 Å². The van der Waals surface area contributed by atoms with Crippen LogP contribution in [0.2, 0.25) is 0 Å². The second-order valence-electron chi connectivity index (χ2n) is 0.740. The topological polar surface area (TPSA) is 26.3 Å². The molecule has 0 aliphatic rings. The highest BCUT2D eigenvalue weighted by Gasteiger charge is 2.04. The Hall–Kier alpha value is -0.0875. The Morgan fingerprint density at radius 1 is 1.50 bits per heavy atom. The van der Waals surface area contributed by atoms with Crippen LogP contribution in [-0.4, -0.2) is 17.4 Å². The summed E-state index contributed by atoms with van der Waals surface area (Å²) >= 11 is 0. The largest absolute Gasteiger partial charge is 0.588 e. The van der Waals surface area contributed by atoms with Crippen molar-refractivity contribution in [2.75, 3.05) is 0 Å². The molecule has 1 atom stereocenters. The van der Waals surface area contributed by atoms with Crippen LogP contribution in [0.15, 0.2) is 25.2 Å². The van der Waals surface area contributed by atoms with Crippen LogP contribution in [0.3, 0.4) is 0 Å². The monoisotopic (exact) mass is 147 g/mol.